The molecule has 0 aliphatic rings. The molecule has 174 valence electrons. The molecule has 0 aliphatic carbocycles. The van der Waals surface area contributed by atoms with Gasteiger partial charge in [-0.3, -0.25) is 4.99 Å². The van der Waals surface area contributed by atoms with Crippen LogP contribution in [0.25, 0.3) is 48.8 Å². The van der Waals surface area contributed by atoms with Crippen LogP contribution in [0.5, 0.6) is 0 Å². The van der Waals surface area contributed by atoms with Gasteiger partial charge in [0.05, 0.1) is 5.71 Å². The number of nitrogens with zero attached hydrogens (tertiary/aromatic N) is 1. The minimum Gasteiger partial charge on any atom is -0.388 e. The van der Waals surface area contributed by atoms with E-state index >= 15 is 0 Å². The second-order valence-electron chi connectivity index (χ2n) is 9.05. The van der Waals surface area contributed by atoms with Crippen LogP contribution in [0.15, 0.2) is 120 Å². The molecular formula is C34H28N2. The van der Waals surface area contributed by atoms with Crippen LogP contribution in [0.4, 0.5) is 0 Å². The third kappa shape index (κ3) is 3.72. The summed E-state index contributed by atoms with van der Waals surface area (Å²) >= 11 is 0. The predicted molar refractivity (Wildman–Crippen MR) is 157 cm³/mol. The van der Waals surface area contributed by atoms with Crippen LogP contribution in [-0.4, -0.2) is 19.3 Å². The fraction of sp³-hybridized carbons (Fsp3) is 0.0882. The van der Waals surface area contributed by atoms with Gasteiger partial charge in [0.2, 0.25) is 0 Å². The summed E-state index contributed by atoms with van der Waals surface area (Å²) in [6.45, 7) is 2.81. The quantitative estimate of drug-likeness (QED) is 0.201. The van der Waals surface area contributed by atoms with Crippen LogP contribution in [-0.2, 0) is 0 Å². The zero-order valence-corrected chi connectivity index (χ0v) is 20.6. The molecule has 0 atom stereocenters. The van der Waals surface area contributed by atoms with E-state index in [0.29, 0.717) is 6.54 Å². The first kappa shape index (κ1) is 22.1. The zero-order chi connectivity index (χ0) is 24.5. The van der Waals surface area contributed by atoms with E-state index in [1.54, 1.807) is 0 Å². The van der Waals surface area contributed by atoms with Gasteiger partial charge in [-0.1, -0.05) is 97.1 Å². The topological polar surface area (TPSA) is 24.4 Å². The van der Waals surface area contributed by atoms with Crippen LogP contribution >= 0.6 is 0 Å². The summed E-state index contributed by atoms with van der Waals surface area (Å²) in [5.74, 6) is 0. The molecule has 0 radical (unpaired) electrons. The zero-order valence-electron chi connectivity index (χ0n) is 20.6. The fourth-order valence-corrected chi connectivity index (χ4v) is 5.34. The van der Waals surface area contributed by atoms with Crippen LogP contribution in [0.2, 0.25) is 0 Å². The third-order valence-electron chi connectivity index (χ3n) is 6.98. The van der Waals surface area contributed by atoms with Crippen molar-refractivity contribution >= 4 is 54.5 Å². The van der Waals surface area contributed by atoms with Crippen LogP contribution in [0, 0.1) is 0 Å². The molecule has 0 unspecified atom stereocenters. The average Bonchev–Trinajstić information content (AvgIpc) is 2.94. The average molecular weight is 465 g/mol. The molecule has 0 aliphatic heterocycles. The van der Waals surface area contributed by atoms with Crippen LogP contribution in [0.3, 0.4) is 0 Å². The van der Waals surface area contributed by atoms with Gasteiger partial charge in [0.25, 0.3) is 0 Å². The SMILES string of the molecule is CC/N=C(\C=C(/NC)c1cc2ccccc2c2ccccc12)c1cc2ccccc2c2ccccc12. The van der Waals surface area contributed by atoms with Crippen molar-refractivity contribution in [2.45, 2.75) is 6.92 Å². The van der Waals surface area contributed by atoms with Crippen LogP contribution in [0.1, 0.15) is 18.1 Å². The highest BCUT2D eigenvalue weighted by atomic mass is 14.8. The van der Waals surface area contributed by atoms with Crippen molar-refractivity contribution in [3.8, 4) is 0 Å². The van der Waals surface area contributed by atoms with Crippen molar-refractivity contribution < 1.29 is 0 Å². The summed E-state index contributed by atoms with van der Waals surface area (Å²) < 4.78 is 0. The summed E-state index contributed by atoms with van der Waals surface area (Å²) in [6.07, 6.45) is 2.22. The summed E-state index contributed by atoms with van der Waals surface area (Å²) in [4.78, 5) is 5.01. The lowest BCUT2D eigenvalue weighted by atomic mass is 9.92. The first-order valence-electron chi connectivity index (χ1n) is 12.5. The number of hydrogen-bond acceptors (Lipinski definition) is 2. The Hall–Kier alpha value is -4.43. The lowest BCUT2D eigenvalue weighted by Gasteiger charge is -2.16. The van der Waals surface area contributed by atoms with E-state index in [9.17, 15) is 0 Å². The number of fused-ring (bicyclic) bond motifs is 6. The minimum atomic E-state index is 0.711. The first-order valence-corrected chi connectivity index (χ1v) is 12.5. The monoisotopic (exact) mass is 464 g/mol. The summed E-state index contributed by atoms with van der Waals surface area (Å²) in [7, 11) is 2.00. The van der Waals surface area contributed by atoms with E-state index in [1.807, 2.05) is 7.05 Å². The summed E-state index contributed by atoms with van der Waals surface area (Å²) in [5, 5.41) is 13.5. The van der Waals surface area contributed by atoms with E-state index in [-0.39, 0.29) is 0 Å². The smallest absolute Gasteiger partial charge is 0.0673 e. The molecule has 0 aromatic heterocycles. The molecule has 0 bridgehead atoms. The maximum atomic E-state index is 5.01. The Labute approximate surface area is 211 Å². The Balaban J connectivity index is 1.62. The predicted octanol–water partition coefficient (Wildman–Crippen LogP) is 8.37. The highest BCUT2D eigenvalue weighted by Crippen LogP contribution is 2.33. The maximum Gasteiger partial charge on any atom is 0.0673 e. The number of nitrogens with one attached hydrogen (secondary N) is 1. The van der Waals surface area contributed by atoms with E-state index in [4.69, 9.17) is 4.99 Å². The standard InChI is InChI=1S/C34H28N2/c1-3-36-34(32-21-24-13-5-7-15-26(24)28-17-9-11-19-30(28)32)22-33(35-2)31-20-23-12-4-6-14-25(23)27-16-8-10-18-29(27)31/h4-22,35H,3H2,1-2H3/b33-22-,36-34+. The van der Waals surface area contributed by atoms with Gasteiger partial charge in [-0.15, -0.1) is 0 Å². The number of rotatable bonds is 5. The van der Waals surface area contributed by atoms with E-state index in [0.717, 1.165) is 17.0 Å². The molecule has 6 rings (SSSR count). The fourth-order valence-electron chi connectivity index (χ4n) is 5.34. The number of benzene rings is 6. The van der Waals surface area contributed by atoms with Gasteiger partial charge in [-0.05, 0) is 68.2 Å². The lowest BCUT2D eigenvalue weighted by molar-refractivity contribution is 1.12. The Bertz CT molecular complexity index is 1810. The molecule has 0 saturated carbocycles. The third-order valence-corrected chi connectivity index (χ3v) is 6.98. The summed E-state index contributed by atoms with van der Waals surface area (Å²) in [5.41, 5.74) is 4.38. The molecule has 0 spiro atoms. The largest absolute Gasteiger partial charge is 0.388 e. The van der Waals surface area contributed by atoms with Crippen molar-refractivity contribution in [2.24, 2.45) is 4.99 Å². The van der Waals surface area contributed by atoms with Gasteiger partial charge in [0.15, 0.2) is 0 Å². The van der Waals surface area contributed by atoms with Gasteiger partial charge in [0.1, 0.15) is 0 Å². The molecule has 0 saturated heterocycles. The Morgan fingerprint density at radius 3 is 1.58 bits per heavy atom. The minimum absolute atomic E-state index is 0.711. The van der Waals surface area contributed by atoms with Gasteiger partial charge < -0.3 is 5.32 Å². The van der Waals surface area contributed by atoms with Crippen molar-refractivity contribution in [1.82, 2.24) is 5.32 Å². The molecule has 2 nitrogen and oxygen atoms in total. The van der Waals surface area contributed by atoms with Gasteiger partial charge in [-0.2, -0.15) is 0 Å². The van der Waals surface area contributed by atoms with Gasteiger partial charge in [0, 0.05) is 30.4 Å². The number of allylic oxidation sites excluding steroid dienone is 1. The summed E-state index contributed by atoms with van der Waals surface area (Å²) in [6, 6.07) is 39.1. The first-order chi connectivity index (χ1) is 17.8. The van der Waals surface area contributed by atoms with Crippen molar-refractivity contribution in [2.75, 3.05) is 13.6 Å². The second kappa shape index (κ2) is 9.31. The van der Waals surface area contributed by atoms with Gasteiger partial charge in [-0.25, -0.2) is 0 Å². The molecule has 6 aromatic rings. The van der Waals surface area contributed by atoms with E-state index < -0.39 is 0 Å². The maximum absolute atomic E-state index is 5.01. The van der Waals surface area contributed by atoms with Crippen molar-refractivity contribution in [3.63, 3.8) is 0 Å². The Morgan fingerprint density at radius 2 is 1.06 bits per heavy atom. The highest BCUT2D eigenvalue weighted by Gasteiger charge is 2.14. The molecule has 1 N–H and O–H groups in total. The normalized spacial score (nSPS) is 12.6. The molecule has 2 heteroatoms. The van der Waals surface area contributed by atoms with Gasteiger partial charge >= 0.3 is 0 Å². The van der Waals surface area contributed by atoms with Crippen LogP contribution < -0.4 is 5.32 Å². The second-order valence-corrected chi connectivity index (χ2v) is 9.05. The highest BCUT2D eigenvalue weighted by molar-refractivity contribution is 6.24. The molecule has 0 amide bonds. The number of hydrogen-bond donors (Lipinski definition) is 1. The molecule has 0 heterocycles. The van der Waals surface area contributed by atoms with E-state index in [1.165, 1.54) is 48.7 Å². The lowest BCUT2D eigenvalue weighted by Crippen LogP contribution is -2.10. The Kier molecular flexibility index (Phi) is 5.71. The molecular weight excluding hydrogens is 436 g/mol. The molecule has 0 fully saturated rings. The van der Waals surface area contributed by atoms with Crippen molar-refractivity contribution in [3.05, 3.63) is 126 Å². The van der Waals surface area contributed by atoms with Crippen molar-refractivity contribution in [1.29, 1.82) is 0 Å². The molecule has 6 aromatic carbocycles. The van der Waals surface area contributed by atoms with E-state index in [2.05, 4.69) is 128 Å². The Morgan fingerprint density at radius 1 is 0.611 bits per heavy atom. The molecule has 36 heavy (non-hydrogen) atoms. The number of aliphatic imine (C=N–C) groups is 1.